The molecule has 0 aliphatic carbocycles. The number of rotatable bonds is 5. The lowest BCUT2D eigenvalue weighted by Crippen LogP contribution is -2.29. The number of thiazole rings is 1. The van der Waals surface area contributed by atoms with Gasteiger partial charge in [-0.1, -0.05) is 25.1 Å². The lowest BCUT2D eigenvalue weighted by molar-refractivity contribution is 0.526. The largest absolute Gasteiger partial charge is 0.302 e. The first-order valence-electron chi connectivity index (χ1n) is 7.71. The smallest absolute Gasteiger partial charge is 0.115 e. The molecular weight excluding hydrogens is 276 g/mol. The van der Waals surface area contributed by atoms with E-state index in [9.17, 15) is 0 Å². The number of hydrogen-bond acceptors (Lipinski definition) is 3. The molecule has 0 aliphatic heterocycles. The molecule has 1 atom stereocenters. The highest BCUT2D eigenvalue weighted by atomic mass is 32.1. The van der Waals surface area contributed by atoms with Gasteiger partial charge in [0.2, 0.25) is 0 Å². The first-order valence-corrected chi connectivity index (χ1v) is 8.53. The molecule has 0 aliphatic rings. The Bertz CT molecular complexity index is 614. The van der Waals surface area contributed by atoms with Crippen molar-refractivity contribution >= 4 is 11.3 Å². The maximum absolute atomic E-state index is 4.87. The highest BCUT2D eigenvalue weighted by Gasteiger charge is 2.20. The van der Waals surface area contributed by atoms with E-state index >= 15 is 0 Å². The van der Waals surface area contributed by atoms with E-state index in [1.807, 2.05) is 11.3 Å². The van der Waals surface area contributed by atoms with Crippen molar-refractivity contribution in [2.24, 2.45) is 0 Å². The van der Waals surface area contributed by atoms with Crippen molar-refractivity contribution in [3.63, 3.8) is 0 Å². The predicted molar refractivity (Wildman–Crippen MR) is 92.3 cm³/mol. The quantitative estimate of drug-likeness (QED) is 0.864. The Morgan fingerprint density at radius 1 is 1.14 bits per heavy atom. The Morgan fingerprint density at radius 2 is 1.86 bits per heavy atom. The van der Waals surface area contributed by atoms with Gasteiger partial charge in [-0.05, 0) is 57.7 Å². The van der Waals surface area contributed by atoms with Crippen molar-refractivity contribution < 1.29 is 0 Å². The van der Waals surface area contributed by atoms with Gasteiger partial charge in [-0.25, -0.2) is 4.98 Å². The van der Waals surface area contributed by atoms with Crippen LogP contribution in [0.15, 0.2) is 18.2 Å². The molecule has 114 valence electrons. The summed E-state index contributed by atoms with van der Waals surface area (Å²) in [6.07, 6.45) is 1.00. The molecule has 1 aromatic carbocycles. The Kier molecular flexibility index (Phi) is 5.17. The molecular formula is C18H26N2S. The van der Waals surface area contributed by atoms with E-state index in [1.54, 1.807) is 0 Å². The maximum Gasteiger partial charge on any atom is 0.115 e. The highest BCUT2D eigenvalue weighted by Crippen LogP contribution is 2.30. The van der Waals surface area contributed by atoms with Crippen molar-refractivity contribution in [3.05, 3.63) is 50.5 Å². The van der Waals surface area contributed by atoms with Crippen LogP contribution < -0.4 is 5.32 Å². The molecule has 1 heterocycles. The fraction of sp³-hybridized carbons (Fsp3) is 0.500. The van der Waals surface area contributed by atoms with Crippen LogP contribution in [-0.2, 0) is 6.42 Å². The first-order chi connectivity index (χ1) is 9.92. The van der Waals surface area contributed by atoms with Gasteiger partial charge in [-0.15, -0.1) is 11.3 Å². The number of aromatic nitrogens is 1. The van der Waals surface area contributed by atoms with Crippen LogP contribution in [0.5, 0.6) is 0 Å². The second-order valence-corrected chi connectivity index (χ2v) is 7.24. The summed E-state index contributed by atoms with van der Waals surface area (Å²) < 4.78 is 0. The summed E-state index contributed by atoms with van der Waals surface area (Å²) in [5.41, 5.74) is 5.22. The van der Waals surface area contributed by atoms with Crippen LogP contribution in [0.4, 0.5) is 0 Å². The molecule has 2 aromatic rings. The SMILES string of the molecule is CCc1nc(C(NC(C)C)c2ccc(C)c(C)c2)sc1C. The maximum atomic E-state index is 4.87. The van der Waals surface area contributed by atoms with Gasteiger partial charge in [0.05, 0.1) is 11.7 Å². The van der Waals surface area contributed by atoms with Crippen LogP contribution in [0.1, 0.15) is 59.1 Å². The second-order valence-electron chi connectivity index (χ2n) is 6.01. The molecule has 1 aromatic heterocycles. The van der Waals surface area contributed by atoms with Gasteiger partial charge in [-0.2, -0.15) is 0 Å². The van der Waals surface area contributed by atoms with E-state index in [4.69, 9.17) is 4.98 Å². The molecule has 0 saturated heterocycles. The van der Waals surface area contributed by atoms with Crippen LogP contribution in [-0.4, -0.2) is 11.0 Å². The summed E-state index contributed by atoms with van der Waals surface area (Å²) in [5.74, 6) is 0. The molecule has 2 nitrogen and oxygen atoms in total. The minimum absolute atomic E-state index is 0.188. The van der Waals surface area contributed by atoms with Crippen LogP contribution in [0.25, 0.3) is 0 Å². The summed E-state index contributed by atoms with van der Waals surface area (Å²) in [5, 5.41) is 4.85. The molecule has 0 spiro atoms. The lowest BCUT2D eigenvalue weighted by Gasteiger charge is -2.20. The van der Waals surface area contributed by atoms with Gasteiger partial charge in [0.25, 0.3) is 0 Å². The number of aryl methyl sites for hydroxylation is 4. The number of hydrogen-bond donors (Lipinski definition) is 1. The van der Waals surface area contributed by atoms with E-state index in [0.29, 0.717) is 6.04 Å². The molecule has 0 radical (unpaired) electrons. The average molecular weight is 302 g/mol. The minimum atomic E-state index is 0.188. The Hall–Kier alpha value is -1.19. The Labute approximate surface area is 132 Å². The average Bonchev–Trinajstić information content (AvgIpc) is 2.80. The summed E-state index contributed by atoms with van der Waals surface area (Å²) in [7, 11) is 0. The van der Waals surface area contributed by atoms with Crippen LogP contribution in [0, 0.1) is 20.8 Å². The molecule has 0 amide bonds. The lowest BCUT2D eigenvalue weighted by atomic mass is 10.0. The summed E-state index contributed by atoms with van der Waals surface area (Å²) >= 11 is 1.82. The summed E-state index contributed by atoms with van der Waals surface area (Å²) in [6.45, 7) is 13.1. The molecule has 1 unspecified atom stereocenters. The fourth-order valence-electron chi connectivity index (χ4n) is 2.49. The summed E-state index contributed by atoms with van der Waals surface area (Å²) in [4.78, 5) is 6.21. The van der Waals surface area contributed by atoms with E-state index in [1.165, 1.54) is 32.3 Å². The van der Waals surface area contributed by atoms with Gasteiger partial charge in [0, 0.05) is 10.9 Å². The van der Waals surface area contributed by atoms with Gasteiger partial charge in [-0.3, -0.25) is 0 Å². The highest BCUT2D eigenvalue weighted by molar-refractivity contribution is 7.11. The molecule has 0 bridgehead atoms. The van der Waals surface area contributed by atoms with Gasteiger partial charge < -0.3 is 5.32 Å². The molecule has 0 saturated carbocycles. The zero-order chi connectivity index (χ0) is 15.6. The van der Waals surface area contributed by atoms with Crippen LogP contribution in [0.2, 0.25) is 0 Å². The third kappa shape index (κ3) is 3.72. The van der Waals surface area contributed by atoms with Crippen molar-refractivity contribution in [1.29, 1.82) is 0 Å². The van der Waals surface area contributed by atoms with Gasteiger partial charge in [0.15, 0.2) is 0 Å². The normalized spacial score (nSPS) is 12.9. The Morgan fingerprint density at radius 3 is 2.38 bits per heavy atom. The number of nitrogens with zero attached hydrogens (tertiary/aromatic N) is 1. The Balaban J connectivity index is 2.43. The van der Waals surface area contributed by atoms with Crippen molar-refractivity contribution in [2.45, 2.75) is 60.0 Å². The minimum Gasteiger partial charge on any atom is -0.302 e. The summed E-state index contributed by atoms with van der Waals surface area (Å²) in [6, 6.07) is 7.34. The van der Waals surface area contributed by atoms with Crippen LogP contribution >= 0.6 is 11.3 Å². The van der Waals surface area contributed by atoms with Crippen molar-refractivity contribution in [1.82, 2.24) is 10.3 Å². The van der Waals surface area contributed by atoms with Gasteiger partial charge >= 0.3 is 0 Å². The van der Waals surface area contributed by atoms with Crippen molar-refractivity contribution in [2.75, 3.05) is 0 Å². The first kappa shape index (κ1) is 16.2. The third-order valence-electron chi connectivity index (χ3n) is 3.86. The third-order valence-corrected chi connectivity index (χ3v) is 4.93. The molecule has 3 heteroatoms. The second kappa shape index (κ2) is 6.71. The molecule has 2 rings (SSSR count). The van der Waals surface area contributed by atoms with Crippen LogP contribution in [0.3, 0.4) is 0 Å². The predicted octanol–water partition coefficient (Wildman–Crippen LogP) is 4.72. The molecule has 21 heavy (non-hydrogen) atoms. The zero-order valence-electron chi connectivity index (χ0n) is 13.9. The standard InChI is InChI=1S/C18H26N2S/c1-7-16-14(6)21-18(20-16)17(19-11(2)3)15-9-8-12(4)13(5)10-15/h8-11,17,19H,7H2,1-6H3. The van der Waals surface area contributed by atoms with E-state index < -0.39 is 0 Å². The fourth-order valence-corrected chi connectivity index (χ4v) is 3.59. The molecule has 0 fully saturated rings. The number of nitrogens with one attached hydrogen (secondary N) is 1. The van der Waals surface area contributed by atoms with E-state index in [0.717, 1.165) is 6.42 Å². The molecule has 1 N–H and O–H groups in total. The van der Waals surface area contributed by atoms with Gasteiger partial charge in [0.1, 0.15) is 5.01 Å². The monoisotopic (exact) mass is 302 g/mol. The number of benzene rings is 1. The van der Waals surface area contributed by atoms with E-state index in [2.05, 4.69) is 65.1 Å². The van der Waals surface area contributed by atoms with E-state index in [-0.39, 0.29) is 6.04 Å². The topological polar surface area (TPSA) is 24.9 Å². The zero-order valence-corrected chi connectivity index (χ0v) is 14.8. The van der Waals surface area contributed by atoms with Crippen molar-refractivity contribution in [3.8, 4) is 0 Å².